The van der Waals surface area contributed by atoms with Gasteiger partial charge < -0.3 is 10.1 Å². The van der Waals surface area contributed by atoms with Crippen LogP contribution in [0.3, 0.4) is 0 Å². The van der Waals surface area contributed by atoms with Gasteiger partial charge in [-0.05, 0) is 28.7 Å². The average Bonchev–Trinajstić information content (AvgIpc) is 2.73. The van der Waals surface area contributed by atoms with Crippen molar-refractivity contribution >= 4 is 17.7 Å². The SMILES string of the molecule is O=C(N[C@H](CCl)Cc1ccc(-c2ccccc2)cc1)OCc1ccccc1. The van der Waals surface area contributed by atoms with Gasteiger partial charge in [-0.25, -0.2) is 4.79 Å². The first-order chi connectivity index (χ1) is 13.2. The van der Waals surface area contributed by atoms with E-state index in [1.807, 2.05) is 48.5 Å². The molecule has 4 heteroatoms. The van der Waals surface area contributed by atoms with Gasteiger partial charge >= 0.3 is 6.09 Å². The summed E-state index contributed by atoms with van der Waals surface area (Å²) in [4.78, 5) is 12.0. The van der Waals surface area contributed by atoms with Gasteiger partial charge in [-0.2, -0.15) is 0 Å². The van der Waals surface area contributed by atoms with Gasteiger partial charge in [0.1, 0.15) is 6.61 Å². The number of alkyl halides is 1. The maximum absolute atomic E-state index is 12.0. The molecule has 0 saturated carbocycles. The number of halogens is 1. The number of amides is 1. The number of nitrogens with one attached hydrogen (secondary N) is 1. The zero-order valence-corrected chi connectivity index (χ0v) is 15.7. The van der Waals surface area contributed by atoms with Crippen LogP contribution in [0.15, 0.2) is 84.9 Å². The second-order valence-electron chi connectivity index (χ2n) is 6.32. The molecule has 0 aliphatic carbocycles. The van der Waals surface area contributed by atoms with Crippen molar-refractivity contribution in [1.82, 2.24) is 5.32 Å². The van der Waals surface area contributed by atoms with Crippen LogP contribution in [-0.4, -0.2) is 18.0 Å². The number of alkyl carbamates (subject to hydrolysis) is 1. The highest BCUT2D eigenvalue weighted by Crippen LogP contribution is 2.19. The molecular weight excluding hydrogens is 358 g/mol. The zero-order chi connectivity index (χ0) is 18.9. The van der Waals surface area contributed by atoms with Crippen LogP contribution in [0, 0.1) is 0 Å². The van der Waals surface area contributed by atoms with Gasteiger partial charge in [0.05, 0.1) is 0 Å². The van der Waals surface area contributed by atoms with E-state index in [0.29, 0.717) is 12.3 Å². The second-order valence-corrected chi connectivity index (χ2v) is 6.63. The largest absolute Gasteiger partial charge is 0.445 e. The highest BCUT2D eigenvalue weighted by molar-refractivity contribution is 6.18. The number of benzene rings is 3. The lowest BCUT2D eigenvalue weighted by Crippen LogP contribution is -2.38. The van der Waals surface area contributed by atoms with Crippen LogP contribution in [0.5, 0.6) is 0 Å². The molecule has 0 bridgehead atoms. The number of hydrogen-bond donors (Lipinski definition) is 1. The first-order valence-corrected chi connectivity index (χ1v) is 9.45. The van der Waals surface area contributed by atoms with Gasteiger partial charge in [-0.15, -0.1) is 11.6 Å². The summed E-state index contributed by atoms with van der Waals surface area (Å²) >= 11 is 6.04. The number of carbonyl (C=O) groups excluding carboxylic acids is 1. The third-order valence-corrected chi connectivity index (χ3v) is 4.64. The number of rotatable bonds is 7. The van der Waals surface area contributed by atoms with Crippen LogP contribution in [0.25, 0.3) is 11.1 Å². The molecule has 138 valence electrons. The number of hydrogen-bond acceptors (Lipinski definition) is 2. The molecule has 0 radical (unpaired) electrons. The summed E-state index contributed by atoms with van der Waals surface area (Å²) in [6.07, 6.45) is 0.198. The number of ether oxygens (including phenoxy) is 1. The molecule has 3 rings (SSSR count). The van der Waals surface area contributed by atoms with E-state index in [-0.39, 0.29) is 12.6 Å². The van der Waals surface area contributed by atoms with Gasteiger partial charge in [0, 0.05) is 11.9 Å². The monoisotopic (exact) mass is 379 g/mol. The number of carbonyl (C=O) groups is 1. The average molecular weight is 380 g/mol. The fraction of sp³-hybridized carbons (Fsp3) is 0.174. The summed E-state index contributed by atoms with van der Waals surface area (Å²) in [7, 11) is 0. The lowest BCUT2D eigenvalue weighted by Gasteiger charge is -2.16. The van der Waals surface area contributed by atoms with E-state index >= 15 is 0 Å². The van der Waals surface area contributed by atoms with Crippen LogP contribution in [0.1, 0.15) is 11.1 Å². The Morgan fingerprint density at radius 2 is 1.41 bits per heavy atom. The normalized spacial score (nSPS) is 11.6. The van der Waals surface area contributed by atoms with Crippen molar-refractivity contribution in [1.29, 1.82) is 0 Å². The molecule has 1 N–H and O–H groups in total. The van der Waals surface area contributed by atoms with E-state index in [9.17, 15) is 4.79 Å². The maximum Gasteiger partial charge on any atom is 0.407 e. The van der Waals surface area contributed by atoms with Gasteiger partial charge in [-0.1, -0.05) is 84.9 Å². The molecular formula is C23H22ClNO2. The predicted octanol–water partition coefficient (Wildman–Crippen LogP) is 5.43. The minimum atomic E-state index is -0.453. The summed E-state index contributed by atoms with van der Waals surface area (Å²) < 4.78 is 5.27. The third kappa shape index (κ3) is 5.87. The highest BCUT2D eigenvalue weighted by Gasteiger charge is 2.13. The molecule has 3 aromatic carbocycles. The molecule has 27 heavy (non-hydrogen) atoms. The molecule has 0 heterocycles. The van der Waals surface area contributed by atoms with Crippen LogP contribution < -0.4 is 5.32 Å². The topological polar surface area (TPSA) is 38.3 Å². The lowest BCUT2D eigenvalue weighted by atomic mass is 10.0. The Morgan fingerprint density at radius 1 is 0.815 bits per heavy atom. The molecule has 0 unspecified atom stereocenters. The van der Waals surface area contributed by atoms with Gasteiger partial charge in [0.2, 0.25) is 0 Å². The van der Waals surface area contributed by atoms with E-state index in [4.69, 9.17) is 16.3 Å². The van der Waals surface area contributed by atoms with Crippen molar-refractivity contribution in [3.63, 3.8) is 0 Å². The van der Waals surface area contributed by atoms with Crippen molar-refractivity contribution in [3.8, 4) is 11.1 Å². The fourth-order valence-electron chi connectivity index (χ4n) is 2.82. The Balaban J connectivity index is 1.52. The Kier molecular flexibility index (Phi) is 6.89. The van der Waals surface area contributed by atoms with Crippen molar-refractivity contribution in [2.24, 2.45) is 0 Å². The van der Waals surface area contributed by atoms with Crippen LogP contribution in [0.4, 0.5) is 4.79 Å². The van der Waals surface area contributed by atoms with E-state index < -0.39 is 6.09 Å². The van der Waals surface area contributed by atoms with E-state index in [2.05, 4.69) is 41.7 Å². The summed E-state index contributed by atoms with van der Waals surface area (Å²) in [5.41, 5.74) is 4.41. The quantitative estimate of drug-likeness (QED) is 0.556. The minimum Gasteiger partial charge on any atom is -0.445 e. The molecule has 1 atom stereocenters. The fourth-order valence-corrected chi connectivity index (χ4v) is 3.01. The molecule has 0 aliphatic rings. The van der Waals surface area contributed by atoms with Gasteiger partial charge in [-0.3, -0.25) is 0 Å². The Labute approximate surface area is 164 Å². The standard InChI is InChI=1S/C23H22ClNO2/c24-16-22(25-23(26)27-17-19-7-3-1-4-8-19)15-18-11-13-21(14-12-18)20-9-5-2-6-10-20/h1-14,22H,15-17H2,(H,25,26)/t22-/m0/s1. The maximum atomic E-state index is 12.0. The Bertz CT molecular complexity index is 835. The minimum absolute atomic E-state index is 0.183. The molecule has 3 nitrogen and oxygen atoms in total. The van der Waals surface area contributed by atoms with Crippen LogP contribution in [0.2, 0.25) is 0 Å². The molecule has 0 fully saturated rings. The molecule has 0 aliphatic heterocycles. The molecule has 0 saturated heterocycles. The molecule has 1 amide bonds. The van der Waals surface area contributed by atoms with Crippen LogP contribution in [-0.2, 0) is 17.8 Å². The first kappa shape index (κ1) is 19.0. The summed E-state index contributed by atoms with van der Waals surface area (Å²) in [5, 5.41) is 2.84. The summed E-state index contributed by atoms with van der Waals surface area (Å²) in [6.45, 7) is 0.244. The van der Waals surface area contributed by atoms with E-state index in [1.165, 1.54) is 5.56 Å². The van der Waals surface area contributed by atoms with Gasteiger partial charge in [0.25, 0.3) is 0 Å². The smallest absolute Gasteiger partial charge is 0.407 e. The lowest BCUT2D eigenvalue weighted by molar-refractivity contribution is 0.136. The van der Waals surface area contributed by atoms with Crippen molar-refractivity contribution in [2.75, 3.05) is 5.88 Å². The first-order valence-electron chi connectivity index (χ1n) is 8.92. The third-order valence-electron chi connectivity index (χ3n) is 4.26. The predicted molar refractivity (Wildman–Crippen MR) is 110 cm³/mol. The van der Waals surface area contributed by atoms with E-state index in [1.54, 1.807) is 0 Å². The molecule has 0 aromatic heterocycles. The highest BCUT2D eigenvalue weighted by atomic mass is 35.5. The van der Waals surface area contributed by atoms with Crippen molar-refractivity contribution in [3.05, 3.63) is 96.1 Å². The Morgan fingerprint density at radius 3 is 2.04 bits per heavy atom. The molecule has 3 aromatic rings. The van der Waals surface area contributed by atoms with E-state index in [0.717, 1.165) is 16.7 Å². The van der Waals surface area contributed by atoms with Crippen molar-refractivity contribution in [2.45, 2.75) is 19.1 Å². The van der Waals surface area contributed by atoms with Crippen LogP contribution >= 0.6 is 11.6 Å². The summed E-state index contributed by atoms with van der Waals surface area (Å²) in [5.74, 6) is 0.320. The van der Waals surface area contributed by atoms with Crippen molar-refractivity contribution < 1.29 is 9.53 Å². The Hall–Kier alpha value is -2.78. The summed E-state index contributed by atoms with van der Waals surface area (Å²) in [6, 6.07) is 27.9. The van der Waals surface area contributed by atoms with Gasteiger partial charge in [0.15, 0.2) is 0 Å². The molecule has 0 spiro atoms. The second kappa shape index (κ2) is 9.79. The zero-order valence-electron chi connectivity index (χ0n) is 15.0.